The van der Waals surface area contributed by atoms with Gasteiger partial charge in [0.15, 0.2) is 0 Å². The summed E-state index contributed by atoms with van der Waals surface area (Å²) in [6.45, 7) is 9.58. The van der Waals surface area contributed by atoms with Crippen LogP contribution in [0.3, 0.4) is 0 Å². The van der Waals surface area contributed by atoms with Crippen LogP contribution in [0.25, 0.3) is 22.0 Å². The molecule has 3 aromatic carbocycles. The summed E-state index contributed by atoms with van der Waals surface area (Å²) in [7, 11) is 0. The van der Waals surface area contributed by atoms with Gasteiger partial charge in [0.1, 0.15) is 0 Å². The van der Waals surface area contributed by atoms with Gasteiger partial charge in [0.25, 0.3) is 0 Å². The topological polar surface area (TPSA) is 114 Å². The molecular weight excluding hydrogens is 504 g/mol. The molecule has 0 spiro atoms. The second-order valence-corrected chi connectivity index (χ2v) is 9.97. The number of amides is 1. The molecule has 1 amide bonds. The Morgan fingerprint density at radius 3 is 2.55 bits per heavy atom. The van der Waals surface area contributed by atoms with Crippen LogP contribution in [0.5, 0.6) is 0 Å². The predicted molar refractivity (Wildman–Crippen MR) is 160 cm³/mol. The fourth-order valence-electron chi connectivity index (χ4n) is 5.05. The van der Waals surface area contributed by atoms with E-state index < -0.39 is 0 Å². The summed E-state index contributed by atoms with van der Waals surface area (Å²) in [6, 6.07) is 19.4. The zero-order valence-electron chi connectivity index (χ0n) is 22.5. The van der Waals surface area contributed by atoms with Gasteiger partial charge in [-0.05, 0) is 60.5 Å². The Morgan fingerprint density at radius 2 is 1.85 bits per heavy atom. The Labute approximate surface area is 233 Å². The van der Waals surface area contributed by atoms with Gasteiger partial charge in [0.2, 0.25) is 11.9 Å². The first kappa shape index (κ1) is 27.3. The molecule has 206 valence electrons. The van der Waals surface area contributed by atoms with Crippen LogP contribution in [0.1, 0.15) is 12.5 Å². The fourth-order valence-corrected chi connectivity index (χ4v) is 5.05. The maximum Gasteiger partial charge on any atom is 0.247 e. The molecule has 2 heterocycles. The first-order valence-corrected chi connectivity index (χ1v) is 13.4. The molecule has 0 aliphatic carbocycles. The number of hydrogen-bond donors (Lipinski definition) is 4. The third-order valence-corrected chi connectivity index (χ3v) is 7.00. The number of nitrogens with zero attached hydrogens (tertiary/aromatic N) is 4. The number of hydrogen-bond acceptors (Lipinski definition) is 8. The number of fused-ring (bicyclic) bond motifs is 1. The van der Waals surface area contributed by atoms with Crippen molar-refractivity contribution in [3.05, 3.63) is 85.1 Å². The van der Waals surface area contributed by atoms with E-state index in [0.29, 0.717) is 23.7 Å². The molecule has 1 aromatic heterocycles. The highest BCUT2D eigenvalue weighted by Gasteiger charge is 2.18. The second kappa shape index (κ2) is 12.3. The molecule has 0 radical (unpaired) electrons. The second-order valence-electron chi connectivity index (χ2n) is 9.97. The van der Waals surface area contributed by atoms with Crippen molar-refractivity contribution in [2.75, 3.05) is 48.3 Å². The minimum absolute atomic E-state index is 0.157. The summed E-state index contributed by atoms with van der Waals surface area (Å²) in [5, 5.41) is 26.7. The number of rotatable bonds is 9. The largest absolute Gasteiger partial charge is 0.392 e. The number of benzene rings is 3. The van der Waals surface area contributed by atoms with Crippen LogP contribution >= 0.6 is 0 Å². The third kappa shape index (κ3) is 6.28. The van der Waals surface area contributed by atoms with Gasteiger partial charge in [-0.25, -0.2) is 9.97 Å². The standard InChI is InChI=1S/C31H34N6O3/c1-3-28(40)33-26-6-4-5-22(17-26)29-24(20-38)8-7-23-18-32-31(35-30(23)29)34-25-9-11-27(12-10-25)37-15-13-36(14-16-37)19-21(2)39/h3-12,17-18,21,38-39H,1,13-16,19-20H2,2H3,(H,33,40)(H,32,34,35). The fraction of sp³-hybridized carbons (Fsp3) is 0.258. The lowest BCUT2D eigenvalue weighted by atomic mass is 9.96. The highest BCUT2D eigenvalue weighted by Crippen LogP contribution is 2.33. The van der Waals surface area contributed by atoms with E-state index in [1.165, 1.54) is 6.08 Å². The molecule has 9 heteroatoms. The maximum atomic E-state index is 11.8. The SMILES string of the molecule is C=CC(=O)Nc1cccc(-c2c(CO)ccc3cnc(Nc4ccc(N5CCN(CC(C)O)CC5)cc4)nc23)c1. The molecule has 4 N–H and O–H groups in total. The summed E-state index contributed by atoms with van der Waals surface area (Å²) in [6.07, 6.45) is 2.68. The first-order valence-electron chi connectivity index (χ1n) is 13.4. The van der Waals surface area contributed by atoms with Crippen LogP contribution in [0.15, 0.2) is 79.5 Å². The van der Waals surface area contributed by atoms with Crippen molar-refractivity contribution >= 4 is 39.8 Å². The van der Waals surface area contributed by atoms with Gasteiger partial charge >= 0.3 is 0 Å². The zero-order valence-corrected chi connectivity index (χ0v) is 22.5. The lowest BCUT2D eigenvalue weighted by molar-refractivity contribution is -0.111. The van der Waals surface area contributed by atoms with Crippen molar-refractivity contribution in [1.29, 1.82) is 0 Å². The molecule has 9 nitrogen and oxygen atoms in total. The van der Waals surface area contributed by atoms with Crippen molar-refractivity contribution < 1.29 is 15.0 Å². The van der Waals surface area contributed by atoms with Gasteiger partial charge in [-0.3, -0.25) is 9.69 Å². The number of nitrogens with one attached hydrogen (secondary N) is 2. The number of aromatic nitrogens is 2. The van der Waals surface area contributed by atoms with Gasteiger partial charge < -0.3 is 25.7 Å². The predicted octanol–water partition coefficient (Wildman–Crippen LogP) is 4.16. The van der Waals surface area contributed by atoms with E-state index in [9.17, 15) is 15.0 Å². The van der Waals surface area contributed by atoms with Gasteiger partial charge in [0.05, 0.1) is 18.2 Å². The van der Waals surface area contributed by atoms with Crippen molar-refractivity contribution in [1.82, 2.24) is 14.9 Å². The number of aliphatic hydroxyl groups is 2. The minimum atomic E-state index is -0.310. The minimum Gasteiger partial charge on any atom is -0.392 e. The van der Waals surface area contributed by atoms with Crippen LogP contribution in [0.4, 0.5) is 23.0 Å². The molecule has 0 bridgehead atoms. The molecule has 1 aliphatic heterocycles. The summed E-state index contributed by atoms with van der Waals surface area (Å²) < 4.78 is 0. The average molecular weight is 539 g/mol. The van der Waals surface area contributed by atoms with Crippen LogP contribution in [-0.2, 0) is 11.4 Å². The van der Waals surface area contributed by atoms with Crippen molar-refractivity contribution in [2.24, 2.45) is 0 Å². The van der Waals surface area contributed by atoms with Crippen LogP contribution in [-0.4, -0.2) is 69.8 Å². The number of aliphatic hydroxyl groups excluding tert-OH is 2. The number of β-amino-alcohol motifs (C(OH)–C–C–N with tert-alkyl or cyclic N) is 1. The number of piperazine rings is 1. The molecule has 4 aromatic rings. The Balaban J connectivity index is 1.37. The van der Waals surface area contributed by atoms with E-state index in [1.54, 1.807) is 12.3 Å². The lowest BCUT2D eigenvalue weighted by Crippen LogP contribution is -2.48. The van der Waals surface area contributed by atoms with E-state index in [4.69, 9.17) is 4.98 Å². The highest BCUT2D eigenvalue weighted by molar-refractivity contribution is 6.00. The van der Waals surface area contributed by atoms with E-state index in [1.807, 2.05) is 49.4 Å². The summed E-state index contributed by atoms with van der Waals surface area (Å²) >= 11 is 0. The smallest absolute Gasteiger partial charge is 0.247 e. The zero-order chi connectivity index (χ0) is 28.1. The Morgan fingerprint density at radius 1 is 1.07 bits per heavy atom. The first-order chi connectivity index (χ1) is 19.4. The van der Waals surface area contributed by atoms with E-state index in [0.717, 1.165) is 59.6 Å². The Hall–Kier alpha value is -4.31. The molecular formula is C31H34N6O3. The monoisotopic (exact) mass is 538 g/mol. The molecule has 1 fully saturated rings. The third-order valence-electron chi connectivity index (χ3n) is 7.00. The maximum absolute atomic E-state index is 11.8. The Kier molecular flexibility index (Phi) is 8.35. The normalized spacial score (nSPS) is 14.6. The molecule has 1 saturated heterocycles. The quantitative estimate of drug-likeness (QED) is 0.235. The lowest BCUT2D eigenvalue weighted by Gasteiger charge is -2.36. The van der Waals surface area contributed by atoms with E-state index >= 15 is 0 Å². The van der Waals surface area contributed by atoms with Gasteiger partial charge in [-0.15, -0.1) is 0 Å². The van der Waals surface area contributed by atoms with Crippen LogP contribution in [0, 0.1) is 0 Å². The highest BCUT2D eigenvalue weighted by atomic mass is 16.3. The van der Waals surface area contributed by atoms with Gasteiger partial charge in [-0.2, -0.15) is 0 Å². The molecule has 1 unspecified atom stereocenters. The number of anilines is 4. The van der Waals surface area contributed by atoms with E-state index in [2.05, 4.69) is 44.1 Å². The number of carbonyl (C=O) groups excluding carboxylic acids is 1. The molecule has 1 atom stereocenters. The number of carbonyl (C=O) groups is 1. The van der Waals surface area contributed by atoms with Crippen LogP contribution < -0.4 is 15.5 Å². The molecule has 0 saturated carbocycles. The summed E-state index contributed by atoms with van der Waals surface area (Å²) in [5.74, 6) is 0.148. The van der Waals surface area contributed by atoms with Gasteiger partial charge in [0, 0.05) is 66.9 Å². The van der Waals surface area contributed by atoms with Gasteiger partial charge in [-0.1, -0.05) is 30.8 Å². The summed E-state index contributed by atoms with van der Waals surface area (Å²) in [5.41, 5.74) is 5.67. The average Bonchev–Trinajstić information content (AvgIpc) is 2.97. The van der Waals surface area contributed by atoms with Crippen molar-refractivity contribution in [3.8, 4) is 11.1 Å². The van der Waals surface area contributed by atoms with Crippen LogP contribution in [0.2, 0.25) is 0 Å². The molecule has 40 heavy (non-hydrogen) atoms. The molecule has 5 rings (SSSR count). The van der Waals surface area contributed by atoms with Crippen molar-refractivity contribution in [3.63, 3.8) is 0 Å². The van der Waals surface area contributed by atoms with E-state index in [-0.39, 0.29) is 18.6 Å². The Bertz CT molecular complexity index is 1500. The van der Waals surface area contributed by atoms with Crippen molar-refractivity contribution in [2.45, 2.75) is 19.6 Å². The summed E-state index contributed by atoms with van der Waals surface area (Å²) in [4.78, 5) is 25.8. The molecule has 1 aliphatic rings.